The fourth-order valence-electron chi connectivity index (χ4n) is 1.90. The lowest BCUT2D eigenvalue weighted by atomic mass is 10.1. The fraction of sp³-hybridized carbons (Fsp3) is 0.188. The molecule has 4 heteroatoms. The van der Waals surface area contributed by atoms with Crippen LogP contribution >= 0.6 is 15.9 Å². The number of hydrogen-bond donors (Lipinski definition) is 2. The number of hydrogen-bond acceptors (Lipinski definition) is 2. The van der Waals surface area contributed by atoms with Gasteiger partial charge < -0.3 is 10.4 Å². The van der Waals surface area contributed by atoms with Gasteiger partial charge in [0.05, 0.1) is 12.6 Å². The summed E-state index contributed by atoms with van der Waals surface area (Å²) in [6, 6.07) is 14.5. The number of aryl methyl sites for hydroxylation is 1. The van der Waals surface area contributed by atoms with Crippen LogP contribution < -0.4 is 5.32 Å². The summed E-state index contributed by atoms with van der Waals surface area (Å²) < 4.78 is 0.894. The number of halogens is 1. The van der Waals surface area contributed by atoms with Gasteiger partial charge in [-0.15, -0.1) is 0 Å². The molecule has 0 aliphatic heterocycles. The highest BCUT2D eigenvalue weighted by Gasteiger charge is 2.15. The molecule has 0 aliphatic rings. The molecule has 0 saturated carbocycles. The number of aliphatic hydroxyl groups excluding tert-OH is 1. The summed E-state index contributed by atoms with van der Waals surface area (Å²) in [4.78, 5) is 12.2. The molecule has 0 saturated heterocycles. The Labute approximate surface area is 126 Å². The Balaban J connectivity index is 2.15. The molecule has 0 aliphatic carbocycles. The summed E-state index contributed by atoms with van der Waals surface area (Å²) >= 11 is 3.41. The van der Waals surface area contributed by atoms with E-state index in [1.807, 2.05) is 43.3 Å². The standard InChI is InChI=1S/C16H16BrNO2/c1-11-7-8-13(9-14(11)17)16(20)18-15(10-19)12-5-3-2-4-6-12/h2-9,15,19H,10H2,1H3,(H,18,20). The van der Waals surface area contributed by atoms with Crippen LogP contribution in [-0.2, 0) is 0 Å². The number of carbonyl (C=O) groups is 1. The van der Waals surface area contributed by atoms with Gasteiger partial charge in [-0.05, 0) is 30.2 Å². The first-order valence-corrected chi connectivity index (χ1v) is 7.14. The fourth-order valence-corrected chi connectivity index (χ4v) is 2.27. The third kappa shape index (κ3) is 3.46. The third-order valence-corrected chi connectivity index (χ3v) is 3.98. The van der Waals surface area contributed by atoms with Crippen LogP contribution in [0.5, 0.6) is 0 Å². The second-order valence-corrected chi connectivity index (χ2v) is 5.44. The second-order valence-electron chi connectivity index (χ2n) is 4.58. The van der Waals surface area contributed by atoms with Crippen LogP contribution in [0.3, 0.4) is 0 Å². The van der Waals surface area contributed by atoms with E-state index in [4.69, 9.17) is 0 Å². The van der Waals surface area contributed by atoms with Crippen LogP contribution in [0.15, 0.2) is 53.0 Å². The van der Waals surface area contributed by atoms with Gasteiger partial charge in [0.25, 0.3) is 5.91 Å². The molecule has 0 fully saturated rings. The van der Waals surface area contributed by atoms with Crippen molar-refractivity contribution < 1.29 is 9.90 Å². The Morgan fingerprint density at radius 3 is 2.55 bits per heavy atom. The summed E-state index contributed by atoms with van der Waals surface area (Å²) in [5, 5.41) is 12.3. The Bertz CT molecular complexity index is 599. The molecule has 3 nitrogen and oxygen atoms in total. The van der Waals surface area contributed by atoms with Crippen LogP contribution in [0.1, 0.15) is 27.5 Å². The van der Waals surface area contributed by atoms with E-state index in [2.05, 4.69) is 21.2 Å². The Morgan fingerprint density at radius 2 is 1.95 bits per heavy atom. The molecule has 0 spiro atoms. The molecule has 2 aromatic carbocycles. The zero-order chi connectivity index (χ0) is 14.5. The SMILES string of the molecule is Cc1ccc(C(=O)NC(CO)c2ccccc2)cc1Br. The van der Waals surface area contributed by atoms with Crippen molar-refractivity contribution >= 4 is 21.8 Å². The highest BCUT2D eigenvalue weighted by Crippen LogP contribution is 2.18. The van der Waals surface area contributed by atoms with Gasteiger partial charge in [0.2, 0.25) is 0 Å². The van der Waals surface area contributed by atoms with E-state index in [1.54, 1.807) is 12.1 Å². The van der Waals surface area contributed by atoms with Crippen molar-refractivity contribution in [1.29, 1.82) is 0 Å². The molecule has 0 bridgehead atoms. The topological polar surface area (TPSA) is 49.3 Å². The molecule has 2 rings (SSSR count). The number of nitrogens with one attached hydrogen (secondary N) is 1. The maximum Gasteiger partial charge on any atom is 0.251 e. The summed E-state index contributed by atoms with van der Waals surface area (Å²) in [6.07, 6.45) is 0. The average Bonchev–Trinajstić information content (AvgIpc) is 2.48. The van der Waals surface area contributed by atoms with Crippen molar-refractivity contribution in [2.75, 3.05) is 6.61 Å². The minimum absolute atomic E-state index is 0.136. The molecule has 20 heavy (non-hydrogen) atoms. The highest BCUT2D eigenvalue weighted by atomic mass is 79.9. The van der Waals surface area contributed by atoms with Gasteiger partial charge in [0.1, 0.15) is 0 Å². The lowest BCUT2D eigenvalue weighted by Crippen LogP contribution is -2.30. The van der Waals surface area contributed by atoms with E-state index in [1.165, 1.54) is 0 Å². The number of aliphatic hydroxyl groups is 1. The normalized spacial score (nSPS) is 11.9. The second kappa shape index (κ2) is 6.68. The minimum Gasteiger partial charge on any atom is -0.394 e. The summed E-state index contributed by atoms with van der Waals surface area (Å²) in [6.45, 7) is 1.83. The molecule has 2 aromatic rings. The Kier molecular flexibility index (Phi) is 4.93. The maximum absolute atomic E-state index is 12.2. The molecule has 2 N–H and O–H groups in total. The molecule has 0 aromatic heterocycles. The van der Waals surface area contributed by atoms with Gasteiger partial charge in [-0.1, -0.05) is 52.3 Å². The van der Waals surface area contributed by atoms with Gasteiger partial charge in [-0.2, -0.15) is 0 Å². The van der Waals surface area contributed by atoms with Crippen LogP contribution in [0.4, 0.5) is 0 Å². The van der Waals surface area contributed by atoms with Crippen LogP contribution in [-0.4, -0.2) is 17.6 Å². The molecule has 104 valence electrons. The van der Waals surface area contributed by atoms with E-state index >= 15 is 0 Å². The van der Waals surface area contributed by atoms with Crippen molar-refractivity contribution in [3.05, 3.63) is 69.7 Å². The first kappa shape index (κ1) is 14.8. The lowest BCUT2D eigenvalue weighted by Gasteiger charge is -2.17. The van der Waals surface area contributed by atoms with E-state index in [0.29, 0.717) is 5.56 Å². The Hall–Kier alpha value is -1.65. The highest BCUT2D eigenvalue weighted by molar-refractivity contribution is 9.10. The molecule has 0 heterocycles. The monoisotopic (exact) mass is 333 g/mol. The summed E-state index contributed by atoms with van der Waals surface area (Å²) in [5.74, 6) is -0.200. The van der Waals surface area contributed by atoms with Crippen LogP contribution in [0, 0.1) is 6.92 Å². The van der Waals surface area contributed by atoms with Crippen molar-refractivity contribution in [3.63, 3.8) is 0 Å². The zero-order valence-corrected chi connectivity index (χ0v) is 12.7. The van der Waals surface area contributed by atoms with Crippen molar-refractivity contribution in [3.8, 4) is 0 Å². The maximum atomic E-state index is 12.2. The van der Waals surface area contributed by atoms with Crippen molar-refractivity contribution in [2.24, 2.45) is 0 Å². The van der Waals surface area contributed by atoms with Gasteiger partial charge in [-0.25, -0.2) is 0 Å². The van der Waals surface area contributed by atoms with E-state index in [0.717, 1.165) is 15.6 Å². The van der Waals surface area contributed by atoms with Gasteiger partial charge in [-0.3, -0.25) is 4.79 Å². The predicted octanol–water partition coefficient (Wildman–Crippen LogP) is 3.22. The summed E-state index contributed by atoms with van der Waals surface area (Å²) in [5.41, 5.74) is 2.52. The van der Waals surface area contributed by atoms with Crippen LogP contribution in [0.25, 0.3) is 0 Å². The summed E-state index contributed by atoms with van der Waals surface area (Å²) in [7, 11) is 0. The average molecular weight is 334 g/mol. The molecule has 0 radical (unpaired) electrons. The van der Waals surface area contributed by atoms with E-state index < -0.39 is 6.04 Å². The van der Waals surface area contributed by atoms with Gasteiger partial charge >= 0.3 is 0 Å². The van der Waals surface area contributed by atoms with Crippen LogP contribution in [0.2, 0.25) is 0 Å². The van der Waals surface area contributed by atoms with Gasteiger partial charge in [0, 0.05) is 10.0 Å². The molecular formula is C16H16BrNO2. The zero-order valence-electron chi connectivity index (χ0n) is 11.1. The number of rotatable bonds is 4. The number of amides is 1. The van der Waals surface area contributed by atoms with Crippen molar-refractivity contribution in [2.45, 2.75) is 13.0 Å². The lowest BCUT2D eigenvalue weighted by molar-refractivity contribution is 0.0916. The molecule has 1 atom stereocenters. The van der Waals surface area contributed by atoms with E-state index in [9.17, 15) is 9.90 Å². The Morgan fingerprint density at radius 1 is 1.25 bits per heavy atom. The third-order valence-electron chi connectivity index (χ3n) is 3.12. The number of carbonyl (C=O) groups excluding carboxylic acids is 1. The quantitative estimate of drug-likeness (QED) is 0.902. The smallest absolute Gasteiger partial charge is 0.251 e. The molecule has 1 amide bonds. The minimum atomic E-state index is -0.399. The largest absolute Gasteiger partial charge is 0.394 e. The van der Waals surface area contributed by atoms with E-state index in [-0.39, 0.29) is 12.5 Å². The molecule has 1 unspecified atom stereocenters. The van der Waals surface area contributed by atoms with Crippen molar-refractivity contribution in [1.82, 2.24) is 5.32 Å². The molecular weight excluding hydrogens is 318 g/mol. The first-order valence-electron chi connectivity index (χ1n) is 6.34. The predicted molar refractivity (Wildman–Crippen MR) is 82.6 cm³/mol. The van der Waals surface area contributed by atoms with Gasteiger partial charge in [0.15, 0.2) is 0 Å². The first-order chi connectivity index (χ1) is 9.61. The number of benzene rings is 2.